The molecule has 1 aromatic rings. The molecule has 1 aliphatic carbocycles. The van der Waals surface area contributed by atoms with Crippen LogP contribution in [0, 0.1) is 0 Å². The number of ether oxygens (including phenoxy) is 1. The first-order valence-corrected chi connectivity index (χ1v) is 7.33. The Kier molecular flexibility index (Phi) is 5.82. The highest BCUT2D eigenvalue weighted by Crippen LogP contribution is 2.19. The SMILES string of the molecule is Clc1ccc(NCCOC2CCCCCC2)cc1. The minimum absolute atomic E-state index is 0.486. The largest absolute Gasteiger partial charge is 0.383 e. The molecule has 0 saturated heterocycles. The van der Waals surface area contributed by atoms with Gasteiger partial charge in [-0.15, -0.1) is 0 Å². The number of hydrogen-bond donors (Lipinski definition) is 1. The standard InChI is InChI=1S/C15H22ClNO/c16-13-7-9-14(10-8-13)17-11-12-18-15-5-3-1-2-4-6-15/h7-10,15,17H,1-6,11-12H2. The quantitative estimate of drug-likeness (QED) is 0.627. The Morgan fingerprint density at radius 3 is 2.39 bits per heavy atom. The van der Waals surface area contributed by atoms with Crippen LogP contribution < -0.4 is 5.32 Å². The molecule has 1 N–H and O–H groups in total. The van der Waals surface area contributed by atoms with Crippen molar-refractivity contribution in [2.45, 2.75) is 44.6 Å². The average Bonchev–Trinajstić information content (AvgIpc) is 2.65. The van der Waals surface area contributed by atoms with Crippen molar-refractivity contribution in [1.29, 1.82) is 0 Å². The predicted molar refractivity (Wildman–Crippen MR) is 77.4 cm³/mol. The van der Waals surface area contributed by atoms with Gasteiger partial charge in [-0.1, -0.05) is 37.3 Å². The monoisotopic (exact) mass is 267 g/mol. The molecular weight excluding hydrogens is 246 g/mol. The van der Waals surface area contributed by atoms with Crippen molar-refractivity contribution >= 4 is 17.3 Å². The van der Waals surface area contributed by atoms with Crippen LogP contribution in [0.4, 0.5) is 5.69 Å². The van der Waals surface area contributed by atoms with Crippen LogP contribution in [0.25, 0.3) is 0 Å². The van der Waals surface area contributed by atoms with E-state index >= 15 is 0 Å². The molecular formula is C15H22ClNO. The van der Waals surface area contributed by atoms with Crippen molar-refractivity contribution in [2.75, 3.05) is 18.5 Å². The summed E-state index contributed by atoms with van der Waals surface area (Å²) in [6, 6.07) is 7.79. The van der Waals surface area contributed by atoms with Gasteiger partial charge in [0.1, 0.15) is 0 Å². The molecule has 1 saturated carbocycles. The van der Waals surface area contributed by atoms with Crippen LogP contribution in [-0.4, -0.2) is 19.3 Å². The van der Waals surface area contributed by atoms with E-state index in [4.69, 9.17) is 16.3 Å². The van der Waals surface area contributed by atoms with Crippen LogP contribution in [0.3, 0.4) is 0 Å². The van der Waals surface area contributed by atoms with Crippen molar-refractivity contribution in [3.8, 4) is 0 Å². The van der Waals surface area contributed by atoms with E-state index in [2.05, 4.69) is 5.32 Å². The van der Waals surface area contributed by atoms with Crippen molar-refractivity contribution in [3.63, 3.8) is 0 Å². The third-order valence-corrected chi connectivity index (χ3v) is 3.68. The van der Waals surface area contributed by atoms with Crippen LogP contribution in [-0.2, 0) is 4.74 Å². The minimum Gasteiger partial charge on any atom is -0.383 e. The first-order valence-electron chi connectivity index (χ1n) is 6.95. The molecule has 0 aliphatic heterocycles. The zero-order chi connectivity index (χ0) is 12.6. The molecule has 1 fully saturated rings. The fourth-order valence-corrected chi connectivity index (χ4v) is 2.52. The van der Waals surface area contributed by atoms with Gasteiger partial charge in [0.15, 0.2) is 0 Å². The zero-order valence-corrected chi connectivity index (χ0v) is 11.6. The summed E-state index contributed by atoms with van der Waals surface area (Å²) >= 11 is 5.84. The third-order valence-electron chi connectivity index (χ3n) is 3.43. The predicted octanol–water partition coefficient (Wildman–Crippen LogP) is 4.49. The van der Waals surface area contributed by atoms with Gasteiger partial charge in [0.05, 0.1) is 12.7 Å². The summed E-state index contributed by atoms with van der Waals surface area (Å²) in [5.74, 6) is 0. The van der Waals surface area contributed by atoms with E-state index < -0.39 is 0 Å². The Bertz CT molecular complexity index is 331. The van der Waals surface area contributed by atoms with Crippen LogP contribution >= 0.6 is 11.6 Å². The molecule has 0 amide bonds. The Morgan fingerprint density at radius 2 is 1.72 bits per heavy atom. The number of rotatable bonds is 5. The van der Waals surface area contributed by atoms with Gasteiger partial charge in [-0.2, -0.15) is 0 Å². The zero-order valence-electron chi connectivity index (χ0n) is 10.8. The molecule has 3 heteroatoms. The molecule has 0 aromatic heterocycles. The molecule has 2 nitrogen and oxygen atoms in total. The number of anilines is 1. The lowest BCUT2D eigenvalue weighted by Crippen LogP contribution is -2.17. The maximum Gasteiger partial charge on any atom is 0.0642 e. The minimum atomic E-state index is 0.486. The highest BCUT2D eigenvalue weighted by molar-refractivity contribution is 6.30. The van der Waals surface area contributed by atoms with Gasteiger partial charge >= 0.3 is 0 Å². The first-order chi connectivity index (χ1) is 8.84. The number of halogens is 1. The molecule has 18 heavy (non-hydrogen) atoms. The van der Waals surface area contributed by atoms with Gasteiger partial charge < -0.3 is 10.1 Å². The van der Waals surface area contributed by atoms with Crippen LogP contribution in [0.1, 0.15) is 38.5 Å². The summed E-state index contributed by atoms with van der Waals surface area (Å²) in [6.07, 6.45) is 8.37. The highest BCUT2D eigenvalue weighted by Gasteiger charge is 2.11. The fraction of sp³-hybridized carbons (Fsp3) is 0.600. The normalized spacial score (nSPS) is 17.4. The molecule has 0 spiro atoms. The van der Waals surface area contributed by atoms with Gasteiger partial charge in [0.2, 0.25) is 0 Å². The fourth-order valence-electron chi connectivity index (χ4n) is 2.40. The second-order valence-corrected chi connectivity index (χ2v) is 5.35. The summed E-state index contributed by atoms with van der Waals surface area (Å²) in [7, 11) is 0. The van der Waals surface area contributed by atoms with E-state index in [1.165, 1.54) is 38.5 Å². The summed E-state index contributed by atoms with van der Waals surface area (Å²) in [4.78, 5) is 0. The summed E-state index contributed by atoms with van der Waals surface area (Å²) in [5.41, 5.74) is 1.10. The van der Waals surface area contributed by atoms with Crippen LogP contribution in [0.15, 0.2) is 24.3 Å². The van der Waals surface area contributed by atoms with Gasteiger partial charge in [0.25, 0.3) is 0 Å². The summed E-state index contributed by atoms with van der Waals surface area (Å²) in [6.45, 7) is 1.64. The maximum atomic E-state index is 5.92. The molecule has 0 atom stereocenters. The highest BCUT2D eigenvalue weighted by atomic mass is 35.5. The van der Waals surface area contributed by atoms with Crippen molar-refractivity contribution in [1.82, 2.24) is 0 Å². The van der Waals surface area contributed by atoms with Gasteiger partial charge in [-0.05, 0) is 37.1 Å². The molecule has 100 valence electrons. The topological polar surface area (TPSA) is 21.3 Å². The Balaban J connectivity index is 1.61. The van der Waals surface area contributed by atoms with Gasteiger partial charge in [0, 0.05) is 17.3 Å². The molecule has 0 bridgehead atoms. The second-order valence-electron chi connectivity index (χ2n) is 4.92. The second kappa shape index (κ2) is 7.65. The van der Waals surface area contributed by atoms with E-state index in [0.29, 0.717) is 6.10 Å². The average molecular weight is 268 g/mol. The summed E-state index contributed by atoms with van der Waals surface area (Å²) in [5, 5.41) is 4.12. The molecule has 0 heterocycles. The smallest absolute Gasteiger partial charge is 0.0642 e. The number of nitrogens with one attached hydrogen (secondary N) is 1. The van der Waals surface area contributed by atoms with Gasteiger partial charge in [-0.25, -0.2) is 0 Å². The van der Waals surface area contributed by atoms with Crippen molar-refractivity contribution in [3.05, 3.63) is 29.3 Å². The van der Waals surface area contributed by atoms with E-state index in [-0.39, 0.29) is 0 Å². The molecule has 0 radical (unpaired) electrons. The van der Waals surface area contributed by atoms with E-state index in [1.54, 1.807) is 0 Å². The maximum absolute atomic E-state index is 5.92. The lowest BCUT2D eigenvalue weighted by molar-refractivity contribution is 0.0501. The van der Waals surface area contributed by atoms with E-state index in [9.17, 15) is 0 Å². The lowest BCUT2D eigenvalue weighted by Gasteiger charge is -2.15. The Hall–Kier alpha value is -0.730. The summed E-state index contributed by atoms with van der Waals surface area (Å²) < 4.78 is 5.92. The van der Waals surface area contributed by atoms with Crippen molar-refractivity contribution in [2.24, 2.45) is 0 Å². The van der Waals surface area contributed by atoms with Crippen LogP contribution in [0.5, 0.6) is 0 Å². The third kappa shape index (κ3) is 4.87. The first kappa shape index (κ1) is 13.7. The van der Waals surface area contributed by atoms with Crippen molar-refractivity contribution < 1.29 is 4.74 Å². The van der Waals surface area contributed by atoms with Gasteiger partial charge in [-0.3, -0.25) is 0 Å². The molecule has 1 aliphatic rings. The molecule has 0 unspecified atom stereocenters. The Morgan fingerprint density at radius 1 is 1.06 bits per heavy atom. The molecule has 2 rings (SSSR count). The Labute approximate surface area is 115 Å². The van der Waals surface area contributed by atoms with E-state index in [0.717, 1.165) is 23.9 Å². The lowest BCUT2D eigenvalue weighted by atomic mass is 10.1. The number of hydrogen-bond acceptors (Lipinski definition) is 2. The number of benzene rings is 1. The van der Waals surface area contributed by atoms with E-state index in [1.807, 2.05) is 24.3 Å². The van der Waals surface area contributed by atoms with Crippen LogP contribution in [0.2, 0.25) is 5.02 Å². The molecule has 1 aromatic carbocycles.